The number of amides is 3. The van der Waals surface area contributed by atoms with Gasteiger partial charge in [0.25, 0.3) is 11.8 Å². The van der Waals surface area contributed by atoms with Crippen LogP contribution in [0.2, 0.25) is 0 Å². The van der Waals surface area contributed by atoms with Crippen molar-refractivity contribution in [2.75, 3.05) is 11.9 Å². The van der Waals surface area contributed by atoms with E-state index in [0.29, 0.717) is 17.8 Å². The number of rotatable bonds is 9. The molecule has 0 aromatic heterocycles. The zero-order valence-corrected chi connectivity index (χ0v) is 21.1. The van der Waals surface area contributed by atoms with E-state index in [-0.39, 0.29) is 25.4 Å². The quantitative estimate of drug-likeness (QED) is 0.143. The van der Waals surface area contributed by atoms with E-state index in [9.17, 15) is 19.5 Å². The SMILES string of the molecule is C.Cc1ccccc1CNCC(=O)Nc1ccc(C#Cc2ccc(C(=O)N[C@H](C(=O)NO)[C@@H](C)O)cc2)cc1. The van der Waals surface area contributed by atoms with Gasteiger partial charge in [-0.15, -0.1) is 0 Å². The zero-order valence-electron chi connectivity index (χ0n) is 21.1. The standard InChI is InChI=1S/C29H30N4O5.CH4/c1-19-5-3-4-6-24(19)17-30-18-26(35)31-25-15-11-22(12-16-25)8-7-21-9-13-23(14-10-21)28(36)32-27(20(2)34)29(37)33-38;/h3-6,9-16,20,27,30,34,38H,17-18H2,1-2H3,(H,31,35)(H,32,36)(H,33,37);1H4/t20-,27+;/m1./s1. The third-order valence-electron chi connectivity index (χ3n) is 5.69. The molecular formula is C30H34N4O5. The molecule has 0 heterocycles. The molecular weight excluding hydrogens is 496 g/mol. The highest BCUT2D eigenvalue weighted by Gasteiger charge is 2.25. The van der Waals surface area contributed by atoms with Crippen LogP contribution < -0.4 is 21.4 Å². The molecule has 0 radical (unpaired) electrons. The van der Waals surface area contributed by atoms with Gasteiger partial charge in [-0.1, -0.05) is 43.5 Å². The minimum atomic E-state index is -1.30. The summed E-state index contributed by atoms with van der Waals surface area (Å²) in [6.07, 6.45) is -1.20. The van der Waals surface area contributed by atoms with Crippen molar-refractivity contribution >= 4 is 23.4 Å². The highest BCUT2D eigenvalue weighted by molar-refractivity contribution is 5.97. The first-order chi connectivity index (χ1) is 18.3. The van der Waals surface area contributed by atoms with Crippen LogP contribution >= 0.6 is 0 Å². The molecule has 3 aromatic rings. The van der Waals surface area contributed by atoms with Crippen LogP contribution in [0.5, 0.6) is 0 Å². The predicted octanol–water partition coefficient (Wildman–Crippen LogP) is 2.74. The summed E-state index contributed by atoms with van der Waals surface area (Å²) in [4.78, 5) is 36.2. The summed E-state index contributed by atoms with van der Waals surface area (Å²) in [6, 6.07) is 20.3. The zero-order chi connectivity index (χ0) is 27.5. The van der Waals surface area contributed by atoms with E-state index in [2.05, 4.69) is 27.8 Å². The largest absolute Gasteiger partial charge is 0.391 e. The van der Waals surface area contributed by atoms with Crippen molar-refractivity contribution < 1.29 is 24.7 Å². The van der Waals surface area contributed by atoms with E-state index >= 15 is 0 Å². The van der Waals surface area contributed by atoms with Crippen molar-refractivity contribution in [3.05, 3.63) is 101 Å². The van der Waals surface area contributed by atoms with Gasteiger partial charge in [0.15, 0.2) is 0 Å². The van der Waals surface area contributed by atoms with Gasteiger partial charge in [-0.05, 0) is 73.5 Å². The Kier molecular flexibility index (Phi) is 11.9. The molecule has 2 atom stereocenters. The molecule has 0 spiro atoms. The number of carbonyl (C=O) groups is 3. The lowest BCUT2D eigenvalue weighted by atomic mass is 10.1. The highest BCUT2D eigenvalue weighted by Crippen LogP contribution is 2.10. The van der Waals surface area contributed by atoms with Gasteiger partial charge in [-0.25, -0.2) is 5.48 Å². The van der Waals surface area contributed by atoms with Gasteiger partial charge in [0.05, 0.1) is 12.6 Å². The van der Waals surface area contributed by atoms with E-state index in [4.69, 9.17) is 5.21 Å². The summed E-state index contributed by atoms with van der Waals surface area (Å²) in [5, 5.41) is 26.8. The van der Waals surface area contributed by atoms with Crippen LogP contribution in [0.4, 0.5) is 5.69 Å². The molecule has 0 fully saturated rings. The Morgan fingerprint density at radius 2 is 1.49 bits per heavy atom. The molecule has 39 heavy (non-hydrogen) atoms. The van der Waals surface area contributed by atoms with Crippen LogP contribution in [0, 0.1) is 18.8 Å². The maximum atomic E-state index is 12.4. The molecule has 0 aliphatic carbocycles. The van der Waals surface area contributed by atoms with Crippen LogP contribution in [-0.4, -0.2) is 46.7 Å². The minimum Gasteiger partial charge on any atom is -0.391 e. The molecule has 3 rings (SSSR count). The smallest absolute Gasteiger partial charge is 0.268 e. The van der Waals surface area contributed by atoms with Crippen molar-refractivity contribution in [2.45, 2.75) is 40.0 Å². The van der Waals surface area contributed by atoms with Crippen molar-refractivity contribution in [3.63, 3.8) is 0 Å². The predicted molar refractivity (Wildman–Crippen MR) is 150 cm³/mol. The molecule has 0 unspecified atom stereocenters. The van der Waals surface area contributed by atoms with Gasteiger partial charge in [0, 0.05) is 28.9 Å². The maximum absolute atomic E-state index is 12.4. The summed E-state index contributed by atoms with van der Waals surface area (Å²) < 4.78 is 0. The fourth-order valence-electron chi connectivity index (χ4n) is 3.51. The second-order valence-corrected chi connectivity index (χ2v) is 8.65. The van der Waals surface area contributed by atoms with E-state index in [1.54, 1.807) is 48.5 Å². The Bertz CT molecular complexity index is 1330. The Morgan fingerprint density at radius 1 is 0.897 bits per heavy atom. The number of carbonyl (C=O) groups excluding carboxylic acids is 3. The molecule has 0 bridgehead atoms. The Balaban J connectivity index is 0.00000533. The van der Waals surface area contributed by atoms with Crippen LogP contribution in [0.15, 0.2) is 72.8 Å². The van der Waals surface area contributed by atoms with Crippen LogP contribution in [0.25, 0.3) is 0 Å². The molecule has 9 heteroatoms. The van der Waals surface area contributed by atoms with Crippen LogP contribution in [0.1, 0.15) is 47.0 Å². The number of hydrogen-bond acceptors (Lipinski definition) is 6. The second-order valence-electron chi connectivity index (χ2n) is 8.65. The number of aryl methyl sites for hydroxylation is 1. The molecule has 0 saturated carbocycles. The van der Waals surface area contributed by atoms with Crippen LogP contribution in [-0.2, 0) is 16.1 Å². The minimum absolute atomic E-state index is 0. The number of hydrogen-bond donors (Lipinski definition) is 6. The number of hydroxylamine groups is 1. The normalized spacial score (nSPS) is 11.6. The third-order valence-corrected chi connectivity index (χ3v) is 5.69. The second kappa shape index (κ2) is 15.1. The van der Waals surface area contributed by atoms with E-state index in [1.165, 1.54) is 18.0 Å². The van der Waals surface area contributed by atoms with E-state index in [0.717, 1.165) is 11.1 Å². The lowest BCUT2D eigenvalue weighted by Crippen LogP contribution is -2.51. The average molecular weight is 531 g/mol. The number of anilines is 1. The fraction of sp³-hybridized carbons (Fsp3) is 0.233. The summed E-state index contributed by atoms with van der Waals surface area (Å²) in [6.45, 7) is 4.17. The number of benzene rings is 3. The lowest BCUT2D eigenvalue weighted by Gasteiger charge is -2.19. The van der Waals surface area contributed by atoms with E-state index in [1.807, 2.05) is 31.2 Å². The number of aliphatic hydroxyl groups excluding tert-OH is 1. The first-order valence-corrected chi connectivity index (χ1v) is 12.0. The molecule has 204 valence electrons. The Hall–Kier alpha value is -4.49. The van der Waals surface area contributed by atoms with Gasteiger partial charge in [0.2, 0.25) is 5.91 Å². The monoisotopic (exact) mass is 530 g/mol. The molecule has 3 aromatic carbocycles. The first kappa shape index (κ1) is 30.7. The van der Waals surface area contributed by atoms with Gasteiger partial charge in [0.1, 0.15) is 6.04 Å². The number of aliphatic hydroxyl groups is 1. The van der Waals surface area contributed by atoms with Gasteiger partial charge >= 0.3 is 0 Å². The third kappa shape index (κ3) is 9.39. The van der Waals surface area contributed by atoms with Crippen molar-refractivity contribution in [2.24, 2.45) is 0 Å². The average Bonchev–Trinajstić information content (AvgIpc) is 2.92. The van der Waals surface area contributed by atoms with Crippen molar-refractivity contribution in [1.29, 1.82) is 0 Å². The molecule has 0 saturated heterocycles. The summed E-state index contributed by atoms with van der Waals surface area (Å²) >= 11 is 0. The van der Waals surface area contributed by atoms with Crippen molar-refractivity contribution in [1.82, 2.24) is 16.1 Å². The summed E-state index contributed by atoms with van der Waals surface area (Å²) in [5.41, 5.74) is 6.09. The Labute approximate surface area is 228 Å². The van der Waals surface area contributed by atoms with E-state index < -0.39 is 24.0 Å². The van der Waals surface area contributed by atoms with Gasteiger partial charge in [-0.2, -0.15) is 0 Å². The molecule has 0 aliphatic heterocycles. The van der Waals surface area contributed by atoms with Gasteiger partial charge < -0.3 is 21.1 Å². The summed E-state index contributed by atoms with van der Waals surface area (Å²) in [7, 11) is 0. The lowest BCUT2D eigenvalue weighted by molar-refractivity contribution is -0.133. The Morgan fingerprint density at radius 3 is 2.05 bits per heavy atom. The maximum Gasteiger partial charge on any atom is 0.268 e. The first-order valence-electron chi connectivity index (χ1n) is 12.0. The molecule has 3 amide bonds. The fourth-order valence-corrected chi connectivity index (χ4v) is 3.51. The number of nitrogens with one attached hydrogen (secondary N) is 4. The topological polar surface area (TPSA) is 140 Å². The van der Waals surface area contributed by atoms with Gasteiger partial charge in [-0.3, -0.25) is 19.6 Å². The molecule has 9 nitrogen and oxygen atoms in total. The van der Waals surface area contributed by atoms with Crippen molar-refractivity contribution in [3.8, 4) is 11.8 Å². The summed E-state index contributed by atoms with van der Waals surface area (Å²) in [5.74, 6) is 4.39. The molecule has 6 N–H and O–H groups in total. The molecule has 0 aliphatic rings. The van der Waals surface area contributed by atoms with Crippen LogP contribution in [0.3, 0.4) is 0 Å². The highest BCUT2D eigenvalue weighted by atomic mass is 16.5.